The fraction of sp³-hybridized carbons (Fsp3) is 0.409. The van der Waals surface area contributed by atoms with Crippen LogP contribution >= 0.6 is 0 Å². The number of pyridine rings is 1. The lowest BCUT2D eigenvalue weighted by molar-refractivity contribution is -0.121. The molecular weight excluding hydrogens is 338 g/mol. The zero-order valence-corrected chi connectivity index (χ0v) is 15.9. The number of nitrogens with zero attached hydrogens (tertiary/aromatic N) is 1. The third-order valence-electron chi connectivity index (χ3n) is 5.56. The van der Waals surface area contributed by atoms with Crippen LogP contribution in [-0.4, -0.2) is 17.4 Å². The van der Waals surface area contributed by atoms with Gasteiger partial charge in [-0.2, -0.15) is 5.26 Å². The number of nitrogens with one attached hydrogen (secondary N) is 2. The molecule has 1 heterocycles. The van der Waals surface area contributed by atoms with E-state index >= 15 is 0 Å². The Kier molecular flexibility index (Phi) is 5.75. The van der Waals surface area contributed by atoms with Gasteiger partial charge in [0.15, 0.2) is 0 Å². The summed E-state index contributed by atoms with van der Waals surface area (Å²) in [5.74, 6) is 0.377. The lowest BCUT2D eigenvalue weighted by atomic mass is 9.83. The van der Waals surface area contributed by atoms with Gasteiger partial charge in [0.25, 0.3) is 5.56 Å². The average molecular weight is 363 g/mol. The highest BCUT2D eigenvalue weighted by atomic mass is 16.1. The van der Waals surface area contributed by atoms with Crippen molar-refractivity contribution in [2.24, 2.45) is 0 Å². The summed E-state index contributed by atoms with van der Waals surface area (Å²) in [5.41, 5.74) is 4.80. The van der Waals surface area contributed by atoms with Crippen molar-refractivity contribution in [1.29, 1.82) is 5.26 Å². The normalized spacial score (nSPS) is 15.7. The fourth-order valence-corrected chi connectivity index (χ4v) is 4.05. The Labute approximate surface area is 159 Å². The molecule has 2 N–H and O–H groups in total. The van der Waals surface area contributed by atoms with Crippen LogP contribution in [0.4, 0.5) is 0 Å². The first-order valence-corrected chi connectivity index (χ1v) is 9.48. The van der Waals surface area contributed by atoms with E-state index in [-0.39, 0.29) is 17.0 Å². The first kappa shape index (κ1) is 18.9. The maximum atomic E-state index is 12.4. The van der Waals surface area contributed by atoms with Gasteiger partial charge in [-0.25, -0.2) is 0 Å². The predicted molar refractivity (Wildman–Crippen MR) is 105 cm³/mol. The van der Waals surface area contributed by atoms with Crippen LogP contribution in [0.1, 0.15) is 58.7 Å². The summed E-state index contributed by atoms with van der Waals surface area (Å²) in [4.78, 5) is 26.9. The zero-order chi connectivity index (χ0) is 19.4. The van der Waals surface area contributed by atoms with Gasteiger partial charge >= 0.3 is 0 Å². The highest BCUT2D eigenvalue weighted by Gasteiger charge is 2.20. The lowest BCUT2D eigenvalue weighted by Gasteiger charge is -2.25. The van der Waals surface area contributed by atoms with Gasteiger partial charge in [0.2, 0.25) is 5.91 Å². The summed E-state index contributed by atoms with van der Waals surface area (Å²) in [6.07, 6.45) is 4.22. The smallest absolute Gasteiger partial charge is 0.266 e. The number of nitriles is 1. The topological polar surface area (TPSA) is 85.8 Å². The molecule has 0 bridgehead atoms. The van der Waals surface area contributed by atoms with E-state index in [1.165, 1.54) is 11.1 Å². The lowest BCUT2D eigenvalue weighted by Crippen LogP contribution is -2.30. The number of carbonyl (C=O) groups excluding carboxylic acids is 1. The summed E-state index contributed by atoms with van der Waals surface area (Å²) in [7, 11) is 0. The number of fused-ring (bicyclic) bond motifs is 1. The molecule has 1 atom stereocenters. The van der Waals surface area contributed by atoms with E-state index < -0.39 is 0 Å². The minimum Gasteiger partial charge on any atom is -0.355 e. The third-order valence-corrected chi connectivity index (χ3v) is 5.56. The quantitative estimate of drug-likeness (QED) is 0.856. The number of aromatic amines is 1. The number of H-pyrrole nitrogens is 1. The molecule has 1 aromatic heterocycles. The summed E-state index contributed by atoms with van der Waals surface area (Å²) in [6.45, 7) is 4.23. The molecule has 0 aliphatic heterocycles. The van der Waals surface area contributed by atoms with E-state index in [0.717, 1.165) is 30.5 Å². The second kappa shape index (κ2) is 8.22. The molecule has 0 saturated carbocycles. The van der Waals surface area contributed by atoms with Gasteiger partial charge in [0.1, 0.15) is 11.6 Å². The molecule has 3 rings (SSSR count). The molecule has 1 amide bonds. The zero-order valence-electron chi connectivity index (χ0n) is 15.9. The van der Waals surface area contributed by atoms with Crippen molar-refractivity contribution >= 4 is 5.91 Å². The fourth-order valence-electron chi connectivity index (χ4n) is 4.05. The SMILES string of the molecule is Cc1[nH]c(=O)c(C#N)c(C)c1CCC(=O)NCC1CCCc2ccccc21. The number of amides is 1. The number of aryl methyl sites for hydroxylation is 2. The van der Waals surface area contributed by atoms with Crippen LogP contribution in [0.3, 0.4) is 0 Å². The van der Waals surface area contributed by atoms with Gasteiger partial charge in [-0.15, -0.1) is 0 Å². The predicted octanol–water partition coefficient (Wildman–Crippen LogP) is 3.03. The molecule has 0 radical (unpaired) electrons. The van der Waals surface area contributed by atoms with Crippen molar-refractivity contribution in [2.75, 3.05) is 6.54 Å². The van der Waals surface area contributed by atoms with Crippen LogP contribution in [0.15, 0.2) is 29.1 Å². The maximum Gasteiger partial charge on any atom is 0.266 e. The van der Waals surface area contributed by atoms with E-state index in [4.69, 9.17) is 5.26 Å². The monoisotopic (exact) mass is 363 g/mol. The summed E-state index contributed by atoms with van der Waals surface area (Å²) in [6, 6.07) is 10.4. The van der Waals surface area contributed by atoms with E-state index in [1.807, 2.05) is 13.0 Å². The average Bonchev–Trinajstić information content (AvgIpc) is 2.66. The van der Waals surface area contributed by atoms with Gasteiger partial charge in [-0.3, -0.25) is 9.59 Å². The van der Waals surface area contributed by atoms with Gasteiger partial charge < -0.3 is 10.3 Å². The summed E-state index contributed by atoms with van der Waals surface area (Å²) in [5, 5.41) is 12.2. The number of hydrogen-bond donors (Lipinski definition) is 2. The molecule has 140 valence electrons. The van der Waals surface area contributed by atoms with Crippen LogP contribution < -0.4 is 10.9 Å². The molecule has 27 heavy (non-hydrogen) atoms. The molecule has 0 fully saturated rings. The number of rotatable bonds is 5. The number of hydrogen-bond acceptors (Lipinski definition) is 3. The van der Waals surface area contributed by atoms with Crippen molar-refractivity contribution < 1.29 is 4.79 Å². The van der Waals surface area contributed by atoms with Gasteiger partial charge in [0.05, 0.1) is 0 Å². The Morgan fingerprint density at radius 3 is 2.89 bits per heavy atom. The molecule has 1 aliphatic rings. The van der Waals surface area contributed by atoms with Crippen molar-refractivity contribution in [3.05, 3.63) is 68.1 Å². The summed E-state index contributed by atoms with van der Waals surface area (Å²) >= 11 is 0. The highest BCUT2D eigenvalue weighted by molar-refractivity contribution is 5.76. The Morgan fingerprint density at radius 2 is 2.11 bits per heavy atom. The largest absolute Gasteiger partial charge is 0.355 e. The molecule has 1 aliphatic carbocycles. The molecule has 5 heteroatoms. The molecule has 1 aromatic carbocycles. The Bertz CT molecular complexity index is 953. The third kappa shape index (κ3) is 4.11. The molecule has 1 unspecified atom stereocenters. The van der Waals surface area contributed by atoms with Crippen LogP contribution in [0.2, 0.25) is 0 Å². The van der Waals surface area contributed by atoms with E-state index in [2.05, 4.69) is 34.6 Å². The van der Waals surface area contributed by atoms with Gasteiger partial charge in [0, 0.05) is 24.6 Å². The van der Waals surface area contributed by atoms with E-state index in [9.17, 15) is 9.59 Å². The Morgan fingerprint density at radius 1 is 1.33 bits per heavy atom. The van der Waals surface area contributed by atoms with Gasteiger partial charge in [-0.1, -0.05) is 24.3 Å². The molecule has 0 saturated heterocycles. The molecule has 5 nitrogen and oxygen atoms in total. The van der Waals surface area contributed by atoms with Gasteiger partial charge in [-0.05, 0) is 61.8 Å². The Hall–Kier alpha value is -2.87. The van der Waals surface area contributed by atoms with Crippen molar-refractivity contribution in [3.8, 4) is 6.07 Å². The minimum absolute atomic E-state index is 0.00145. The maximum absolute atomic E-state index is 12.4. The summed E-state index contributed by atoms with van der Waals surface area (Å²) < 4.78 is 0. The standard InChI is InChI=1S/C22H25N3O2/c1-14-18(15(2)25-22(27)20(14)12-23)10-11-21(26)24-13-17-8-5-7-16-6-3-4-9-19(16)17/h3-4,6,9,17H,5,7-8,10-11,13H2,1-2H3,(H,24,26)(H,25,27). The number of carbonyl (C=O) groups is 1. The first-order valence-electron chi connectivity index (χ1n) is 9.48. The van der Waals surface area contributed by atoms with Crippen LogP contribution in [0, 0.1) is 25.2 Å². The molecular formula is C22H25N3O2. The number of benzene rings is 1. The molecule has 2 aromatic rings. The van der Waals surface area contributed by atoms with Crippen LogP contribution in [0.5, 0.6) is 0 Å². The second-order valence-corrected chi connectivity index (χ2v) is 7.26. The van der Waals surface area contributed by atoms with Crippen LogP contribution in [-0.2, 0) is 17.6 Å². The van der Waals surface area contributed by atoms with E-state index in [0.29, 0.717) is 30.9 Å². The second-order valence-electron chi connectivity index (χ2n) is 7.26. The first-order chi connectivity index (χ1) is 13.0. The van der Waals surface area contributed by atoms with Crippen LogP contribution in [0.25, 0.3) is 0 Å². The Balaban J connectivity index is 1.61. The van der Waals surface area contributed by atoms with E-state index in [1.54, 1.807) is 6.92 Å². The van der Waals surface area contributed by atoms with Crippen molar-refractivity contribution in [2.45, 2.75) is 51.9 Å². The molecule has 0 spiro atoms. The van der Waals surface area contributed by atoms with Crippen molar-refractivity contribution in [1.82, 2.24) is 10.3 Å². The van der Waals surface area contributed by atoms with Crippen molar-refractivity contribution in [3.63, 3.8) is 0 Å². The number of aromatic nitrogens is 1. The minimum atomic E-state index is -0.364. The highest BCUT2D eigenvalue weighted by Crippen LogP contribution is 2.30.